The average Bonchev–Trinajstić information content (AvgIpc) is 3.20. The van der Waals surface area contributed by atoms with Gasteiger partial charge in [-0.05, 0) is 43.3 Å². The predicted molar refractivity (Wildman–Crippen MR) is 111 cm³/mol. The van der Waals surface area contributed by atoms with Crippen LogP contribution >= 0.6 is 0 Å². The Kier molecular flexibility index (Phi) is 5.59. The van der Waals surface area contributed by atoms with Gasteiger partial charge in [0.25, 0.3) is 5.56 Å². The molecule has 0 radical (unpaired) electrons. The third-order valence-electron chi connectivity index (χ3n) is 4.72. The lowest BCUT2D eigenvalue weighted by Gasteiger charge is -2.14. The molecular formula is C22H19FN4O4. The van der Waals surface area contributed by atoms with Crippen LogP contribution in [0.1, 0.15) is 17.3 Å². The third-order valence-corrected chi connectivity index (χ3v) is 4.72. The molecule has 2 heterocycles. The zero-order chi connectivity index (χ0) is 22.0. The van der Waals surface area contributed by atoms with Crippen molar-refractivity contribution in [3.63, 3.8) is 0 Å². The normalized spacial score (nSPS) is 12.1. The van der Waals surface area contributed by atoms with E-state index in [0.29, 0.717) is 22.6 Å². The van der Waals surface area contributed by atoms with Gasteiger partial charge in [0.05, 0.1) is 18.4 Å². The van der Waals surface area contributed by atoms with Gasteiger partial charge >= 0.3 is 0 Å². The van der Waals surface area contributed by atoms with E-state index < -0.39 is 6.10 Å². The highest BCUT2D eigenvalue weighted by Gasteiger charge is 2.14. The Bertz CT molecular complexity index is 1300. The zero-order valence-electron chi connectivity index (χ0n) is 16.6. The van der Waals surface area contributed by atoms with Gasteiger partial charge in [-0.25, -0.2) is 14.1 Å². The van der Waals surface area contributed by atoms with Crippen molar-refractivity contribution in [1.82, 2.24) is 19.3 Å². The Labute approximate surface area is 176 Å². The second-order valence-corrected chi connectivity index (χ2v) is 7.02. The Balaban J connectivity index is 1.49. The van der Waals surface area contributed by atoms with E-state index in [1.54, 1.807) is 24.3 Å². The summed E-state index contributed by atoms with van der Waals surface area (Å²) in [5, 5.41) is 14.8. The van der Waals surface area contributed by atoms with Crippen molar-refractivity contribution in [1.29, 1.82) is 0 Å². The van der Waals surface area contributed by atoms with E-state index in [2.05, 4.69) is 10.1 Å². The second kappa shape index (κ2) is 8.49. The van der Waals surface area contributed by atoms with Gasteiger partial charge in [-0.2, -0.15) is 5.10 Å². The van der Waals surface area contributed by atoms with Crippen molar-refractivity contribution in [2.75, 3.05) is 6.61 Å². The largest absolute Gasteiger partial charge is 0.491 e. The smallest absolute Gasteiger partial charge is 0.264 e. The number of aliphatic hydroxyl groups excluding tert-OH is 1. The first kappa shape index (κ1) is 20.4. The van der Waals surface area contributed by atoms with Crippen LogP contribution < -0.4 is 10.3 Å². The van der Waals surface area contributed by atoms with Crippen molar-refractivity contribution >= 4 is 16.8 Å². The fraction of sp³-hybridized carbons (Fsp3) is 0.182. The molecule has 0 aliphatic rings. The first-order chi connectivity index (χ1) is 14.9. The summed E-state index contributed by atoms with van der Waals surface area (Å²) in [5.74, 6) is -0.00823. The molecule has 4 aromatic rings. The van der Waals surface area contributed by atoms with E-state index in [9.17, 15) is 19.1 Å². The molecule has 0 fully saturated rings. The van der Waals surface area contributed by atoms with Crippen molar-refractivity contribution in [2.45, 2.75) is 19.6 Å². The molecule has 2 aromatic carbocycles. The molecular weight excluding hydrogens is 403 g/mol. The Hall–Kier alpha value is -3.85. The molecule has 158 valence electrons. The summed E-state index contributed by atoms with van der Waals surface area (Å²) in [7, 11) is 0. The maximum absolute atomic E-state index is 13.2. The molecule has 9 heteroatoms. The molecule has 0 spiro atoms. The average molecular weight is 422 g/mol. The number of carbonyl (C=O) groups is 1. The highest BCUT2D eigenvalue weighted by molar-refractivity contribution is 5.94. The predicted octanol–water partition coefficient (Wildman–Crippen LogP) is 2.36. The van der Waals surface area contributed by atoms with Crippen LogP contribution in [0, 0.1) is 5.82 Å². The maximum Gasteiger partial charge on any atom is 0.264 e. The number of nitrogens with zero attached hydrogens (tertiary/aromatic N) is 4. The van der Waals surface area contributed by atoms with Crippen molar-refractivity contribution < 1.29 is 19.0 Å². The van der Waals surface area contributed by atoms with Gasteiger partial charge in [0.15, 0.2) is 11.4 Å². The van der Waals surface area contributed by atoms with Crippen LogP contribution in [0.5, 0.6) is 5.75 Å². The van der Waals surface area contributed by atoms with Gasteiger partial charge in [-0.3, -0.25) is 14.2 Å². The van der Waals surface area contributed by atoms with Crippen molar-refractivity contribution in [3.8, 4) is 11.4 Å². The zero-order valence-corrected chi connectivity index (χ0v) is 16.6. The minimum Gasteiger partial charge on any atom is -0.491 e. The summed E-state index contributed by atoms with van der Waals surface area (Å²) < 4.78 is 21.4. The van der Waals surface area contributed by atoms with Crippen LogP contribution in [0.15, 0.2) is 65.8 Å². The lowest BCUT2D eigenvalue weighted by molar-refractivity contribution is 0.0913. The van der Waals surface area contributed by atoms with Crippen LogP contribution in [0.25, 0.3) is 16.7 Å². The number of rotatable bonds is 7. The molecule has 0 aliphatic heterocycles. The highest BCUT2D eigenvalue weighted by Crippen LogP contribution is 2.15. The van der Waals surface area contributed by atoms with Crippen LogP contribution in [0.4, 0.5) is 4.39 Å². The van der Waals surface area contributed by atoms with E-state index in [-0.39, 0.29) is 35.7 Å². The number of Topliss-reactive ketones (excluding diaryl/α,β-unsaturated/α-hetero) is 1. The molecule has 4 rings (SSSR count). The minimum absolute atomic E-state index is 0.0318. The molecule has 1 atom stereocenters. The highest BCUT2D eigenvalue weighted by atomic mass is 19.1. The Morgan fingerprint density at radius 1 is 1.23 bits per heavy atom. The van der Waals surface area contributed by atoms with Crippen LogP contribution in [-0.2, 0) is 6.54 Å². The second-order valence-electron chi connectivity index (χ2n) is 7.02. The molecule has 0 unspecified atom stereocenters. The standard InChI is InChI=1S/C22H19FN4O4/c1-14(28)15-3-2-4-19(9-15)31-12-18(29)11-26-13-24-21-20(22(26)30)10-25-27(21)17-7-5-16(23)6-8-17/h2-10,13,18,29H,11-12H2,1H3/t18-/m0/s1. The van der Waals surface area contributed by atoms with Gasteiger partial charge in [-0.1, -0.05) is 12.1 Å². The van der Waals surface area contributed by atoms with E-state index in [1.807, 2.05) is 0 Å². The first-order valence-corrected chi connectivity index (χ1v) is 9.53. The molecule has 0 aliphatic carbocycles. The Morgan fingerprint density at radius 2 is 2.00 bits per heavy atom. The summed E-state index contributed by atoms with van der Waals surface area (Å²) in [6.45, 7) is 1.36. The molecule has 0 amide bonds. The number of hydrogen-bond acceptors (Lipinski definition) is 6. The third kappa shape index (κ3) is 4.36. The van der Waals surface area contributed by atoms with E-state index in [4.69, 9.17) is 4.74 Å². The molecule has 0 saturated heterocycles. The number of ketones is 1. The lowest BCUT2D eigenvalue weighted by atomic mass is 10.1. The monoisotopic (exact) mass is 422 g/mol. The summed E-state index contributed by atoms with van der Waals surface area (Å²) in [5.41, 5.74) is 1.05. The molecule has 1 N–H and O–H groups in total. The molecule has 31 heavy (non-hydrogen) atoms. The van der Waals surface area contributed by atoms with Crippen molar-refractivity contribution in [3.05, 3.63) is 82.8 Å². The number of ether oxygens (including phenoxy) is 1. The number of hydrogen-bond donors (Lipinski definition) is 1. The number of fused-ring (bicyclic) bond motifs is 1. The van der Waals surface area contributed by atoms with Crippen LogP contribution in [-0.4, -0.2) is 42.9 Å². The van der Waals surface area contributed by atoms with Gasteiger partial charge in [0, 0.05) is 5.56 Å². The van der Waals surface area contributed by atoms with E-state index >= 15 is 0 Å². The SMILES string of the molecule is CC(=O)c1cccc(OC[C@@H](O)Cn2cnc3c(cnn3-c3ccc(F)cc3)c2=O)c1. The summed E-state index contributed by atoms with van der Waals surface area (Å²) in [6, 6.07) is 12.3. The molecule has 2 aromatic heterocycles. The molecule has 8 nitrogen and oxygen atoms in total. The van der Waals surface area contributed by atoms with Crippen molar-refractivity contribution in [2.24, 2.45) is 0 Å². The number of carbonyl (C=O) groups excluding carboxylic acids is 1. The van der Waals surface area contributed by atoms with E-state index in [1.165, 1.54) is 53.0 Å². The molecule has 0 saturated carbocycles. The molecule has 0 bridgehead atoms. The maximum atomic E-state index is 13.2. The summed E-state index contributed by atoms with van der Waals surface area (Å²) in [4.78, 5) is 28.5. The van der Waals surface area contributed by atoms with Gasteiger partial charge in [0.2, 0.25) is 0 Å². The summed E-state index contributed by atoms with van der Waals surface area (Å²) in [6.07, 6.45) is 1.73. The quantitative estimate of drug-likeness (QED) is 0.459. The summed E-state index contributed by atoms with van der Waals surface area (Å²) >= 11 is 0. The topological polar surface area (TPSA) is 99.2 Å². The Morgan fingerprint density at radius 3 is 2.74 bits per heavy atom. The van der Waals surface area contributed by atoms with Gasteiger partial charge in [-0.15, -0.1) is 0 Å². The van der Waals surface area contributed by atoms with Crippen LogP contribution in [0.2, 0.25) is 0 Å². The van der Waals surface area contributed by atoms with Gasteiger partial charge < -0.3 is 9.84 Å². The van der Waals surface area contributed by atoms with Gasteiger partial charge in [0.1, 0.15) is 36.0 Å². The minimum atomic E-state index is -0.981. The number of aromatic nitrogens is 4. The van der Waals surface area contributed by atoms with E-state index in [0.717, 1.165) is 0 Å². The first-order valence-electron chi connectivity index (χ1n) is 9.53. The lowest BCUT2D eigenvalue weighted by Crippen LogP contribution is -2.30. The number of benzene rings is 2. The van der Waals surface area contributed by atoms with Crippen LogP contribution in [0.3, 0.4) is 0 Å². The number of halogens is 1. The fourth-order valence-corrected chi connectivity index (χ4v) is 3.13. The number of aliphatic hydroxyl groups is 1. The fourth-order valence-electron chi connectivity index (χ4n) is 3.13.